The number of rotatable bonds is 2. The Hall–Kier alpha value is -1.76. The Morgan fingerprint density at radius 3 is 2.53 bits per heavy atom. The average molecular weight is 292 g/mol. The van der Waals surface area contributed by atoms with E-state index in [2.05, 4.69) is 16.4 Å². The smallest absolute Gasteiger partial charge is 0.148 e. The van der Waals surface area contributed by atoms with E-state index in [1.807, 2.05) is 19.9 Å². The van der Waals surface area contributed by atoms with Gasteiger partial charge in [0, 0.05) is 11.4 Å². The average Bonchev–Trinajstić information content (AvgIpc) is 2.33. The molecule has 0 aliphatic carbocycles. The summed E-state index contributed by atoms with van der Waals surface area (Å²) in [4.78, 5) is 4.34. The van der Waals surface area contributed by atoms with Crippen LogP contribution in [0.5, 0.6) is 0 Å². The Balaban J connectivity index is 2.43. The van der Waals surface area contributed by atoms with Crippen molar-refractivity contribution < 1.29 is 0 Å². The summed E-state index contributed by atoms with van der Waals surface area (Å²) >= 11 is 11.8. The van der Waals surface area contributed by atoms with Gasteiger partial charge in [0.2, 0.25) is 0 Å². The fourth-order valence-electron chi connectivity index (χ4n) is 1.78. The lowest BCUT2D eigenvalue weighted by Gasteiger charge is -2.10. The number of benzene rings is 1. The molecule has 0 unspecified atom stereocenters. The Bertz CT molecular complexity index is 675. The number of pyridine rings is 1. The molecular formula is C14H11Cl2N3. The zero-order valence-electron chi connectivity index (χ0n) is 10.5. The third-order valence-electron chi connectivity index (χ3n) is 2.64. The number of nitriles is 1. The Kier molecular flexibility index (Phi) is 3.94. The van der Waals surface area contributed by atoms with E-state index in [0.29, 0.717) is 21.4 Å². The summed E-state index contributed by atoms with van der Waals surface area (Å²) in [6, 6.07) is 9.21. The summed E-state index contributed by atoms with van der Waals surface area (Å²) in [6.45, 7) is 3.77. The van der Waals surface area contributed by atoms with E-state index in [1.165, 1.54) is 0 Å². The van der Waals surface area contributed by atoms with Crippen LogP contribution in [-0.2, 0) is 0 Å². The second kappa shape index (κ2) is 5.48. The number of halogens is 2. The number of anilines is 2. The van der Waals surface area contributed by atoms with Crippen LogP contribution in [0, 0.1) is 25.2 Å². The van der Waals surface area contributed by atoms with Gasteiger partial charge in [0.1, 0.15) is 11.9 Å². The first-order chi connectivity index (χ1) is 9.01. The highest BCUT2D eigenvalue weighted by Gasteiger charge is 2.09. The SMILES string of the molecule is Cc1cc(C)c(C#N)c(Nc2ccc(Cl)c(Cl)c2)n1. The zero-order valence-corrected chi connectivity index (χ0v) is 12.0. The van der Waals surface area contributed by atoms with Gasteiger partial charge in [-0.2, -0.15) is 5.26 Å². The number of aryl methyl sites for hydroxylation is 2. The van der Waals surface area contributed by atoms with Crippen LogP contribution in [-0.4, -0.2) is 4.98 Å². The zero-order chi connectivity index (χ0) is 14.0. The molecule has 1 aromatic carbocycles. The molecule has 0 aliphatic heterocycles. The first-order valence-corrected chi connectivity index (χ1v) is 6.37. The summed E-state index contributed by atoms with van der Waals surface area (Å²) in [5, 5.41) is 13.2. The lowest BCUT2D eigenvalue weighted by Crippen LogP contribution is -2.00. The van der Waals surface area contributed by atoms with Crippen LogP contribution in [0.4, 0.5) is 11.5 Å². The molecule has 19 heavy (non-hydrogen) atoms. The van der Waals surface area contributed by atoms with E-state index in [1.54, 1.807) is 18.2 Å². The largest absolute Gasteiger partial charge is 0.339 e. The van der Waals surface area contributed by atoms with Crippen molar-refractivity contribution in [1.29, 1.82) is 5.26 Å². The highest BCUT2D eigenvalue weighted by molar-refractivity contribution is 6.42. The van der Waals surface area contributed by atoms with Crippen molar-refractivity contribution >= 4 is 34.7 Å². The molecule has 1 N–H and O–H groups in total. The molecule has 0 amide bonds. The van der Waals surface area contributed by atoms with Gasteiger partial charge < -0.3 is 5.32 Å². The van der Waals surface area contributed by atoms with Crippen LogP contribution in [0.3, 0.4) is 0 Å². The topological polar surface area (TPSA) is 48.7 Å². The fourth-order valence-corrected chi connectivity index (χ4v) is 2.08. The predicted molar refractivity (Wildman–Crippen MR) is 78.2 cm³/mol. The van der Waals surface area contributed by atoms with Crippen molar-refractivity contribution in [2.75, 3.05) is 5.32 Å². The molecule has 3 nitrogen and oxygen atoms in total. The molecule has 0 aliphatic rings. The van der Waals surface area contributed by atoms with Gasteiger partial charge in [-0.25, -0.2) is 4.98 Å². The molecule has 0 bridgehead atoms. The van der Waals surface area contributed by atoms with Gasteiger partial charge >= 0.3 is 0 Å². The van der Waals surface area contributed by atoms with Crippen molar-refractivity contribution in [3.8, 4) is 6.07 Å². The van der Waals surface area contributed by atoms with E-state index in [0.717, 1.165) is 16.9 Å². The number of hydrogen-bond donors (Lipinski definition) is 1. The van der Waals surface area contributed by atoms with E-state index in [9.17, 15) is 5.26 Å². The Labute approximate surface area is 121 Å². The van der Waals surface area contributed by atoms with Crippen LogP contribution in [0.1, 0.15) is 16.8 Å². The van der Waals surface area contributed by atoms with Gasteiger partial charge in [0.05, 0.1) is 15.6 Å². The third kappa shape index (κ3) is 2.98. The molecule has 0 saturated heterocycles. The van der Waals surface area contributed by atoms with E-state index in [-0.39, 0.29) is 0 Å². The molecule has 5 heteroatoms. The summed E-state index contributed by atoms with van der Waals surface area (Å²) < 4.78 is 0. The van der Waals surface area contributed by atoms with E-state index in [4.69, 9.17) is 23.2 Å². The standard InChI is InChI=1S/C14H11Cl2N3/c1-8-5-9(2)18-14(11(8)7-17)19-10-3-4-12(15)13(16)6-10/h3-6H,1-2H3,(H,18,19). The normalized spacial score (nSPS) is 10.1. The predicted octanol–water partition coefficient (Wildman–Crippen LogP) is 4.62. The molecule has 2 rings (SSSR count). The van der Waals surface area contributed by atoms with Crippen molar-refractivity contribution in [3.63, 3.8) is 0 Å². The van der Waals surface area contributed by atoms with Gasteiger partial charge in [-0.05, 0) is 43.7 Å². The maximum atomic E-state index is 9.19. The molecule has 2 aromatic rings. The fraction of sp³-hybridized carbons (Fsp3) is 0.143. The molecule has 96 valence electrons. The minimum Gasteiger partial charge on any atom is -0.339 e. The minimum atomic E-state index is 0.453. The second-order valence-electron chi connectivity index (χ2n) is 4.17. The molecule has 0 atom stereocenters. The summed E-state index contributed by atoms with van der Waals surface area (Å²) in [5.41, 5.74) is 3.00. The van der Waals surface area contributed by atoms with Crippen LogP contribution in [0.2, 0.25) is 10.0 Å². The molecule has 0 spiro atoms. The lowest BCUT2D eigenvalue weighted by molar-refractivity contribution is 1.16. The van der Waals surface area contributed by atoms with Gasteiger partial charge in [-0.15, -0.1) is 0 Å². The van der Waals surface area contributed by atoms with Gasteiger partial charge in [-0.1, -0.05) is 23.2 Å². The minimum absolute atomic E-state index is 0.453. The molecule has 1 aromatic heterocycles. The number of nitrogens with one attached hydrogen (secondary N) is 1. The van der Waals surface area contributed by atoms with Crippen molar-refractivity contribution in [2.24, 2.45) is 0 Å². The molecule has 0 radical (unpaired) electrons. The van der Waals surface area contributed by atoms with Crippen LogP contribution in [0.25, 0.3) is 0 Å². The quantitative estimate of drug-likeness (QED) is 0.878. The van der Waals surface area contributed by atoms with Crippen LogP contribution < -0.4 is 5.32 Å². The molecule has 1 heterocycles. The molecule has 0 saturated carbocycles. The van der Waals surface area contributed by atoms with E-state index < -0.39 is 0 Å². The van der Waals surface area contributed by atoms with Crippen molar-refractivity contribution in [1.82, 2.24) is 4.98 Å². The van der Waals surface area contributed by atoms with Crippen LogP contribution in [0.15, 0.2) is 24.3 Å². The summed E-state index contributed by atoms with van der Waals surface area (Å²) in [5.74, 6) is 0.526. The van der Waals surface area contributed by atoms with Gasteiger partial charge in [0.25, 0.3) is 0 Å². The first kappa shape index (κ1) is 13.7. The maximum Gasteiger partial charge on any atom is 0.148 e. The lowest BCUT2D eigenvalue weighted by atomic mass is 10.1. The summed E-state index contributed by atoms with van der Waals surface area (Å²) in [7, 11) is 0. The second-order valence-corrected chi connectivity index (χ2v) is 4.98. The monoisotopic (exact) mass is 291 g/mol. The molecule has 0 fully saturated rings. The number of aromatic nitrogens is 1. The maximum absolute atomic E-state index is 9.19. The van der Waals surface area contributed by atoms with E-state index >= 15 is 0 Å². The van der Waals surface area contributed by atoms with Crippen molar-refractivity contribution in [3.05, 3.63) is 51.1 Å². The molecular weight excluding hydrogens is 281 g/mol. The third-order valence-corrected chi connectivity index (χ3v) is 3.38. The highest BCUT2D eigenvalue weighted by atomic mass is 35.5. The number of nitrogens with zero attached hydrogens (tertiary/aromatic N) is 2. The highest BCUT2D eigenvalue weighted by Crippen LogP contribution is 2.28. The van der Waals surface area contributed by atoms with Gasteiger partial charge in [0.15, 0.2) is 0 Å². The van der Waals surface area contributed by atoms with Gasteiger partial charge in [-0.3, -0.25) is 0 Å². The van der Waals surface area contributed by atoms with Crippen molar-refractivity contribution in [2.45, 2.75) is 13.8 Å². The number of hydrogen-bond acceptors (Lipinski definition) is 3. The summed E-state index contributed by atoms with van der Waals surface area (Å²) in [6.07, 6.45) is 0. The van der Waals surface area contributed by atoms with Crippen LogP contribution >= 0.6 is 23.2 Å². The first-order valence-electron chi connectivity index (χ1n) is 5.61. The Morgan fingerprint density at radius 2 is 1.89 bits per heavy atom. The Morgan fingerprint density at radius 1 is 1.16 bits per heavy atom.